The summed E-state index contributed by atoms with van der Waals surface area (Å²) >= 11 is 0. The average Bonchev–Trinajstić information content (AvgIpc) is 1.96. The van der Waals surface area contributed by atoms with Crippen LogP contribution in [0.2, 0.25) is 18.1 Å². The molecule has 0 radical (unpaired) electrons. The molecule has 92 valence electrons. The molecule has 0 aliphatic heterocycles. The zero-order valence-electron chi connectivity index (χ0n) is 11.3. The molecular formula is C12H22O3Si. The minimum atomic E-state index is -1.91. The number of hydrogen-bond donors (Lipinski definition) is 1. The van der Waals surface area contributed by atoms with Crippen LogP contribution in [-0.2, 0) is 9.22 Å². The van der Waals surface area contributed by atoms with E-state index in [1.165, 1.54) is 0 Å². The Morgan fingerprint density at radius 2 is 1.62 bits per heavy atom. The molecule has 0 aliphatic rings. The van der Waals surface area contributed by atoms with Gasteiger partial charge < -0.3 is 9.53 Å². The number of carboxylic acid groups (broad SMARTS) is 1. The molecule has 0 rings (SSSR count). The summed E-state index contributed by atoms with van der Waals surface area (Å²) in [5, 5.41) is 8.61. The molecule has 4 heteroatoms. The Morgan fingerprint density at radius 1 is 1.19 bits per heavy atom. The molecular weight excluding hydrogens is 220 g/mol. The highest BCUT2D eigenvalue weighted by Crippen LogP contribution is 2.38. The summed E-state index contributed by atoms with van der Waals surface area (Å²) in [5.41, 5.74) is -0.707. The molecule has 0 aromatic heterocycles. The van der Waals surface area contributed by atoms with E-state index >= 15 is 0 Å². The first kappa shape index (κ1) is 15.2. The summed E-state index contributed by atoms with van der Waals surface area (Å²) in [6, 6.07) is 0. The van der Waals surface area contributed by atoms with Gasteiger partial charge in [0.25, 0.3) is 0 Å². The topological polar surface area (TPSA) is 46.5 Å². The molecule has 16 heavy (non-hydrogen) atoms. The zero-order valence-corrected chi connectivity index (χ0v) is 12.3. The minimum Gasteiger partial charge on any atom is -0.472 e. The van der Waals surface area contributed by atoms with E-state index in [-0.39, 0.29) is 5.04 Å². The quantitative estimate of drug-likeness (QED) is 0.598. The number of aliphatic carboxylic acids is 1. The van der Waals surface area contributed by atoms with Crippen LogP contribution in [0.1, 0.15) is 34.6 Å². The molecule has 1 N–H and O–H groups in total. The molecule has 0 aliphatic carbocycles. The van der Waals surface area contributed by atoms with Crippen LogP contribution in [0.15, 0.2) is 0 Å². The maximum absolute atomic E-state index is 10.4. The Labute approximate surface area is 99.3 Å². The van der Waals surface area contributed by atoms with Crippen LogP contribution in [0.4, 0.5) is 0 Å². The summed E-state index contributed by atoms with van der Waals surface area (Å²) < 4.78 is 6.04. The molecule has 0 atom stereocenters. The number of hydrogen-bond acceptors (Lipinski definition) is 2. The highest BCUT2D eigenvalue weighted by molar-refractivity contribution is 6.74. The van der Waals surface area contributed by atoms with Crippen LogP contribution >= 0.6 is 0 Å². The zero-order chi connectivity index (χ0) is 13.2. The first-order valence-corrected chi connectivity index (χ1v) is 8.24. The van der Waals surface area contributed by atoms with Crippen molar-refractivity contribution in [2.75, 3.05) is 0 Å². The van der Waals surface area contributed by atoms with Gasteiger partial charge in [0, 0.05) is 5.92 Å². The molecule has 0 aromatic carbocycles. The summed E-state index contributed by atoms with van der Waals surface area (Å²) in [6.45, 7) is 14.3. The van der Waals surface area contributed by atoms with Crippen molar-refractivity contribution in [3.63, 3.8) is 0 Å². The number of carboxylic acids is 1. The molecule has 0 saturated heterocycles. The third-order valence-corrected chi connectivity index (χ3v) is 7.42. The van der Waals surface area contributed by atoms with Crippen molar-refractivity contribution >= 4 is 14.3 Å². The molecule has 0 bridgehead atoms. The lowest BCUT2D eigenvalue weighted by molar-refractivity contribution is -0.130. The second-order valence-corrected chi connectivity index (χ2v) is 10.7. The van der Waals surface area contributed by atoms with E-state index in [9.17, 15) is 4.79 Å². The van der Waals surface area contributed by atoms with Crippen LogP contribution < -0.4 is 0 Å². The second kappa shape index (κ2) is 4.60. The third-order valence-electron chi connectivity index (χ3n) is 2.79. The largest absolute Gasteiger partial charge is 0.472 e. The van der Waals surface area contributed by atoms with E-state index in [0.717, 1.165) is 0 Å². The molecule has 0 aromatic rings. The Kier molecular flexibility index (Phi) is 4.37. The van der Waals surface area contributed by atoms with Crippen molar-refractivity contribution in [3.05, 3.63) is 0 Å². The third kappa shape index (κ3) is 4.82. The van der Waals surface area contributed by atoms with Crippen molar-refractivity contribution in [2.24, 2.45) is 0 Å². The van der Waals surface area contributed by atoms with Gasteiger partial charge in [0.05, 0.1) is 0 Å². The molecule has 0 heterocycles. The van der Waals surface area contributed by atoms with E-state index in [2.05, 4.69) is 45.7 Å². The van der Waals surface area contributed by atoms with Crippen LogP contribution in [0.3, 0.4) is 0 Å². The highest BCUT2D eigenvalue weighted by Gasteiger charge is 2.40. The summed E-state index contributed by atoms with van der Waals surface area (Å²) in [7, 11) is -1.91. The van der Waals surface area contributed by atoms with E-state index in [4.69, 9.17) is 9.53 Å². The second-order valence-electron chi connectivity index (χ2n) is 5.93. The summed E-state index contributed by atoms with van der Waals surface area (Å²) in [4.78, 5) is 10.4. The fourth-order valence-corrected chi connectivity index (χ4v) is 2.65. The fourth-order valence-electron chi connectivity index (χ4n) is 1.02. The Bertz CT molecular complexity index is 326. The van der Waals surface area contributed by atoms with Crippen LogP contribution in [0, 0.1) is 11.8 Å². The maximum Gasteiger partial charge on any atom is 0.382 e. The lowest BCUT2D eigenvalue weighted by Crippen LogP contribution is -2.47. The van der Waals surface area contributed by atoms with Gasteiger partial charge in [-0.15, -0.1) is 0 Å². The van der Waals surface area contributed by atoms with Crippen molar-refractivity contribution in [1.29, 1.82) is 0 Å². The van der Waals surface area contributed by atoms with Crippen molar-refractivity contribution in [2.45, 2.75) is 58.4 Å². The lowest BCUT2D eigenvalue weighted by atomic mass is 10.1. The maximum atomic E-state index is 10.4. The number of rotatable bonds is 2. The first-order valence-electron chi connectivity index (χ1n) is 5.34. The Morgan fingerprint density at radius 3 is 1.94 bits per heavy atom. The fraction of sp³-hybridized carbons (Fsp3) is 0.750. The standard InChI is InChI=1S/C12H22O3Si/c1-11(2,3)16(6,7)15-12(4,5)9-8-10(13)14/h1-7H3,(H,13,14). The molecule has 0 spiro atoms. The molecule has 0 saturated carbocycles. The summed E-state index contributed by atoms with van der Waals surface area (Å²) in [5.74, 6) is 3.65. The van der Waals surface area contributed by atoms with E-state index in [1.807, 2.05) is 13.8 Å². The lowest BCUT2D eigenvalue weighted by Gasteiger charge is -2.40. The molecule has 0 unspecified atom stereocenters. The van der Waals surface area contributed by atoms with Gasteiger partial charge in [-0.1, -0.05) is 26.7 Å². The predicted molar refractivity (Wildman–Crippen MR) is 67.8 cm³/mol. The van der Waals surface area contributed by atoms with Crippen molar-refractivity contribution < 1.29 is 14.3 Å². The van der Waals surface area contributed by atoms with Crippen LogP contribution in [-0.4, -0.2) is 25.0 Å². The van der Waals surface area contributed by atoms with E-state index in [1.54, 1.807) is 0 Å². The average molecular weight is 242 g/mol. The molecule has 0 fully saturated rings. The Hall–Kier alpha value is -0.793. The van der Waals surface area contributed by atoms with Crippen molar-refractivity contribution in [3.8, 4) is 11.8 Å². The first-order chi connectivity index (χ1) is 6.87. The SMILES string of the molecule is CC(C)(C#CC(=O)O)O[Si](C)(C)C(C)(C)C. The number of carbonyl (C=O) groups is 1. The van der Waals surface area contributed by atoms with E-state index < -0.39 is 19.9 Å². The Balaban J connectivity index is 4.87. The monoisotopic (exact) mass is 242 g/mol. The van der Waals surface area contributed by atoms with Gasteiger partial charge >= 0.3 is 5.97 Å². The summed E-state index contributed by atoms with van der Waals surface area (Å²) in [6.07, 6.45) is 0. The van der Waals surface area contributed by atoms with Gasteiger partial charge in [0.2, 0.25) is 0 Å². The van der Waals surface area contributed by atoms with Gasteiger partial charge in [-0.3, -0.25) is 0 Å². The van der Waals surface area contributed by atoms with E-state index in [0.29, 0.717) is 0 Å². The normalized spacial score (nSPS) is 12.9. The minimum absolute atomic E-state index is 0.0924. The van der Waals surface area contributed by atoms with Gasteiger partial charge in [-0.05, 0) is 32.0 Å². The predicted octanol–water partition coefficient (Wildman–Crippen LogP) is 2.87. The molecule has 3 nitrogen and oxygen atoms in total. The van der Waals surface area contributed by atoms with Crippen LogP contribution in [0.25, 0.3) is 0 Å². The molecule has 0 amide bonds. The van der Waals surface area contributed by atoms with Gasteiger partial charge in [0.15, 0.2) is 8.32 Å². The van der Waals surface area contributed by atoms with Gasteiger partial charge in [-0.2, -0.15) is 0 Å². The van der Waals surface area contributed by atoms with Crippen molar-refractivity contribution in [1.82, 2.24) is 0 Å². The van der Waals surface area contributed by atoms with Crippen LogP contribution in [0.5, 0.6) is 0 Å². The van der Waals surface area contributed by atoms with Gasteiger partial charge in [0.1, 0.15) is 5.60 Å². The van der Waals surface area contributed by atoms with Gasteiger partial charge in [-0.25, -0.2) is 4.79 Å². The highest BCUT2D eigenvalue weighted by atomic mass is 28.4. The smallest absolute Gasteiger partial charge is 0.382 e.